The van der Waals surface area contributed by atoms with Crippen molar-refractivity contribution in [3.05, 3.63) is 67.3 Å². The molecule has 2 heteroatoms. The lowest BCUT2D eigenvalue weighted by Gasteiger charge is -2.21. The summed E-state index contributed by atoms with van der Waals surface area (Å²) in [6.07, 6.45) is 4.28. The summed E-state index contributed by atoms with van der Waals surface area (Å²) in [5, 5.41) is 2.34. The predicted molar refractivity (Wildman–Crippen MR) is 84.2 cm³/mol. The van der Waals surface area contributed by atoms with E-state index >= 15 is 0 Å². The van der Waals surface area contributed by atoms with Crippen molar-refractivity contribution in [3.8, 4) is 5.75 Å². The van der Waals surface area contributed by atoms with Gasteiger partial charge in [0.15, 0.2) is 0 Å². The van der Waals surface area contributed by atoms with Gasteiger partial charge in [-0.1, -0.05) is 42.5 Å². The lowest BCUT2D eigenvalue weighted by Crippen LogP contribution is -2.06. The summed E-state index contributed by atoms with van der Waals surface area (Å²) in [4.78, 5) is 0. The Hall–Kier alpha value is -2.06. The van der Waals surface area contributed by atoms with Gasteiger partial charge in [0.1, 0.15) is 5.75 Å². The molecule has 0 aliphatic rings. The maximum atomic E-state index is 5.90. The minimum absolute atomic E-state index is 0.0773. The minimum Gasteiger partial charge on any atom is -0.496 e. The number of benzene rings is 2. The van der Waals surface area contributed by atoms with E-state index in [0.29, 0.717) is 6.61 Å². The average molecular weight is 268 g/mol. The van der Waals surface area contributed by atoms with Crippen LogP contribution in [0.4, 0.5) is 0 Å². The van der Waals surface area contributed by atoms with Gasteiger partial charge < -0.3 is 9.47 Å². The summed E-state index contributed by atoms with van der Waals surface area (Å²) >= 11 is 0. The van der Waals surface area contributed by atoms with E-state index in [1.807, 2.05) is 24.3 Å². The summed E-state index contributed by atoms with van der Waals surface area (Å²) in [7, 11) is 1.69. The highest BCUT2D eigenvalue weighted by atomic mass is 16.5. The number of methoxy groups -OCH3 is 1. The van der Waals surface area contributed by atoms with Crippen LogP contribution in [0.25, 0.3) is 10.8 Å². The van der Waals surface area contributed by atoms with Crippen LogP contribution in [0.5, 0.6) is 5.75 Å². The van der Waals surface area contributed by atoms with E-state index in [0.717, 1.165) is 23.1 Å². The van der Waals surface area contributed by atoms with Crippen molar-refractivity contribution in [2.45, 2.75) is 12.5 Å². The molecule has 0 fully saturated rings. The SMILES string of the molecule is C=CCOC(CC=C)c1c(OC)ccc2ccccc12. The Morgan fingerprint density at radius 2 is 1.90 bits per heavy atom. The molecule has 1 atom stereocenters. The van der Waals surface area contributed by atoms with Crippen molar-refractivity contribution < 1.29 is 9.47 Å². The Kier molecular flexibility index (Phi) is 4.97. The molecular formula is C18H20O2. The first-order chi connectivity index (χ1) is 9.81. The van der Waals surface area contributed by atoms with Gasteiger partial charge in [-0.25, -0.2) is 0 Å². The Balaban J connectivity index is 2.57. The van der Waals surface area contributed by atoms with Gasteiger partial charge in [0.25, 0.3) is 0 Å². The average Bonchev–Trinajstić information content (AvgIpc) is 2.50. The van der Waals surface area contributed by atoms with E-state index < -0.39 is 0 Å². The molecule has 0 aromatic heterocycles. The number of hydrogen-bond donors (Lipinski definition) is 0. The quantitative estimate of drug-likeness (QED) is 0.679. The molecule has 0 amide bonds. The summed E-state index contributed by atoms with van der Waals surface area (Å²) in [6, 6.07) is 12.3. The molecule has 0 bridgehead atoms. The van der Waals surface area contributed by atoms with Crippen LogP contribution in [0.15, 0.2) is 61.7 Å². The van der Waals surface area contributed by atoms with Crippen molar-refractivity contribution in [1.82, 2.24) is 0 Å². The molecule has 0 radical (unpaired) electrons. The number of fused-ring (bicyclic) bond motifs is 1. The molecule has 104 valence electrons. The van der Waals surface area contributed by atoms with Gasteiger partial charge in [-0.05, 0) is 23.3 Å². The standard InChI is InChI=1S/C18H20O2/c1-4-8-17(20-13-5-2)18-15-10-7-6-9-14(15)11-12-16(18)19-3/h4-7,9-12,17H,1-2,8,13H2,3H3. The minimum atomic E-state index is -0.0773. The highest BCUT2D eigenvalue weighted by molar-refractivity contribution is 5.88. The van der Waals surface area contributed by atoms with Crippen LogP contribution < -0.4 is 4.74 Å². The van der Waals surface area contributed by atoms with Crippen LogP contribution >= 0.6 is 0 Å². The van der Waals surface area contributed by atoms with Crippen LogP contribution in [0.1, 0.15) is 18.1 Å². The second-order valence-electron chi connectivity index (χ2n) is 4.54. The van der Waals surface area contributed by atoms with Crippen molar-refractivity contribution in [3.63, 3.8) is 0 Å². The third-order valence-electron chi connectivity index (χ3n) is 3.27. The largest absolute Gasteiger partial charge is 0.496 e. The molecule has 20 heavy (non-hydrogen) atoms. The van der Waals surface area contributed by atoms with Crippen LogP contribution in [-0.4, -0.2) is 13.7 Å². The molecule has 0 aliphatic carbocycles. The monoisotopic (exact) mass is 268 g/mol. The number of rotatable bonds is 7. The van der Waals surface area contributed by atoms with Gasteiger partial charge in [0, 0.05) is 5.56 Å². The molecule has 2 aromatic rings. The molecule has 2 nitrogen and oxygen atoms in total. The van der Waals surface area contributed by atoms with Gasteiger partial charge in [-0.2, -0.15) is 0 Å². The molecule has 0 N–H and O–H groups in total. The second kappa shape index (κ2) is 6.92. The summed E-state index contributed by atoms with van der Waals surface area (Å²) in [5.74, 6) is 0.847. The van der Waals surface area contributed by atoms with E-state index in [-0.39, 0.29) is 6.10 Å². The van der Waals surface area contributed by atoms with Crippen LogP contribution in [0, 0.1) is 0 Å². The normalized spacial score (nSPS) is 12.1. The van der Waals surface area contributed by atoms with Crippen LogP contribution in [0.2, 0.25) is 0 Å². The van der Waals surface area contributed by atoms with Gasteiger partial charge in [-0.3, -0.25) is 0 Å². The first kappa shape index (κ1) is 14.4. The molecule has 0 heterocycles. The lowest BCUT2D eigenvalue weighted by molar-refractivity contribution is 0.0758. The molecule has 0 spiro atoms. The first-order valence-electron chi connectivity index (χ1n) is 6.70. The highest BCUT2D eigenvalue weighted by Gasteiger charge is 2.18. The number of hydrogen-bond acceptors (Lipinski definition) is 2. The van der Waals surface area contributed by atoms with Gasteiger partial charge in [0.2, 0.25) is 0 Å². The second-order valence-corrected chi connectivity index (χ2v) is 4.54. The van der Waals surface area contributed by atoms with Gasteiger partial charge in [0.05, 0.1) is 19.8 Å². The third-order valence-corrected chi connectivity index (χ3v) is 3.27. The first-order valence-corrected chi connectivity index (χ1v) is 6.70. The van der Waals surface area contributed by atoms with E-state index in [1.54, 1.807) is 13.2 Å². The third kappa shape index (κ3) is 2.91. The Bertz CT molecular complexity index is 601. The zero-order valence-corrected chi connectivity index (χ0v) is 11.8. The molecule has 1 unspecified atom stereocenters. The van der Waals surface area contributed by atoms with Crippen molar-refractivity contribution in [1.29, 1.82) is 0 Å². The topological polar surface area (TPSA) is 18.5 Å². The number of ether oxygens (including phenoxy) is 2. The zero-order valence-electron chi connectivity index (χ0n) is 11.8. The maximum Gasteiger partial charge on any atom is 0.125 e. The molecule has 0 saturated heterocycles. The summed E-state index contributed by atoms with van der Waals surface area (Å²) < 4.78 is 11.4. The van der Waals surface area contributed by atoms with E-state index in [9.17, 15) is 0 Å². The fourth-order valence-electron chi connectivity index (χ4n) is 2.39. The van der Waals surface area contributed by atoms with Crippen LogP contribution in [-0.2, 0) is 4.74 Å². The highest BCUT2D eigenvalue weighted by Crippen LogP contribution is 2.36. The van der Waals surface area contributed by atoms with E-state index in [2.05, 4.69) is 31.4 Å². The van der Waals surface area contributed by atoms with E-state index in [1.165, 1.54) is 5.39 Å². The Morgan fingerprint density at radius 3 is 2.60 bits per heavy atom. The van der Waals surface area contributed by atoms with Crippen molar-refractivity contribution in [2.24, 2.45) is 0 Å². The predicted octanol–water partition coefficient (Wildman–Crippen LogP) is 4.67. The van der Waals surface area contributed by atoms with Crippen molar-refractivity contribution >= 4 is 10.8 Å². The van der Waals surface area contributed by atoms with Crippen LogP contribution in [0.3, 0.4) is 0 Å². The summed E-state index contributed by atoms with van der Waals surface area (Å²) in [6.45, 7) is 8.04. The fraction of sp³-hybridized carbons (Fsp3) is 0.222. The summed E-state index contributed by atoms with van der Waals surface area (Å²) in [5.41, 5.74) is 1.08. The zero-order chi connectivity index (χ0) is 14.4. The molecule has 0 saturated carbocycles. The van der Waals surface area contributed by atoms with Gasteiger partial charge >= 0.3 is 0 Å². The van der Waals surface area contributed by atoms with Crippen molar-refractivity contribution in [2.75, 3.05) is 13.7 Å². The Labute approximate surface area is 120 Å². The smallest absolute Gasteiger partial charge is 0.125 e. The molecule has 0 aliphatic heterocycles. The Morgan fingerprint density at radius 1 is 1.10 bits per heavy atom. The molecular weight excluding hydrogens is 248 g/mol. The molecule has 2 rings (SSSR count). The fourth-order valence-corrected chi connectivity index (χ4v) is 2.39. The van der Waals surface area contributed by atoms with Gasteiger partial charge in [-0.15, -0.1) is 13.2 Å². The lowest BCUT2D eigenvalue weighted by atomic mass is 9.97. The van der Waals surface area contributed by atoms with E-state index in [4.69, 9.17) is 9.47 Å². The maximum absolute atomic E-state index is 5.90. The molecule has 2 aromatic carbocycles.